The summed E-state index contributed by atoms with van der Waals surface area (Å²) in [5, 5.41) is 16.7. The number of fused-ring (bicyclic) bond motifs is 1. The van der Waals surface area contributed by atoms with Crippen LogP contribution in [0.1, 0.15) is 65.8 Å². The quantitative estimate of drug-likeness (QED) is 0.458. The van der Waals surface area contributed by atoms with Crippen LogP contribution in [0.4, 0.5) is 0 Å². The van der Waals surface area contributed by atoms with Crippen molar-refractivity contribution in [2.24, 2.45) is 0 Å². The Kier molecular flexibility index (Phi) is 4.67. The first kappa shape index (κ1) is 20.6. The molecule has 2 atom stereocenters. The van der Waals surface area contributed by atoms with Gasteiger partial charge in [-0.25, -0.2) is 4.98 Å². The monoisotopic (exact) mass is 444 g/mol. The van der Waals surface area contributed by atoms with Gasteiger partial charge in [0.2, 0.25) is 0 Å². The number of aliphatic hydroxyl groups is 1. The second-order valence-corrected chi connectivity index (χ2v) is 9.44. The van der Waals surface area contributed by atoms with Crippen LogP contribution >= 0.6 is 0 Å². The first-order chi connectivity index (χ1) is 15.9. The highest BCUT2D eigenvalue weighted by atomic mass is 16.5. The van der Waals surface area contributed by atoms with Gasteiger partial charge in [0, 0.05) is 29.3 Å². The lowest BCUT2D eigenvalue weighted by Gasteiger charge is -2.35. The number of benzene rings is 1. The normalized spacial score (nSPS) is 20.4. The molecule has 0 amide bonds. The molecule has 7 nitrogen and oxygen atoms in total. The average Bonchev–Trinajstić information content (AvgIpc) is 3.18. The molecular formula is C26H28N4O3. The van der Waals surface area contributed by atoms with E-state index >= 15 is 0 Å². The van der Waals surface area contributed by atoms with Crippen molar-refractivity contribution >= 4 is 11.0 Å². The van der Waals surface area contributed by atoms with Gasteiger partial charge in [0.1, 0.15) is 11.6 Å². The Morgan fingerprint density at radius 3 is 2.61 bits per heavy atom. The van der Waals surface area contributed by atoms with Crippen LogP contribution < -0.4 is 0 Å². The highest BCUT2D eigenvalue weighted by Crippen LogP contribution is 2.46. The molecule has 0 bridgehead atoms. The molecule has 33 heavy (non-hydrogen) atoms. The number of imidazole rings is 1. The molecule has 1 aromatic carbocycles. The number of H-pyrrole nitrogens is 1. The zero-order chi connectivity index (χ0) is 22.7. The summed E-state index contributed by atoms with van der Waals surface area (Å²) in [6.45, 7) is 6.39. The number of nitrogens with zero attached hydrogens (tertiary/aromatic N) is 3. The van der Waals surface area contributed by atoms with Crippen molar-refractivity contribution in [3.05, 3.63) is 64.6 Å². The van der Waals surface area contributed by atoms with E-state index in [1.807, 2.05) is 45.0 Å². The minimum Gasteiger partial charge on any atom is -0.376 e. The van der Waals surface area contributed by atoms with Gasteiger partial charge < -0.3 is 19.4 Å². The van der Waals surface area contributed by atoms with E-state index in [0.29, 0.717) is 24.0 Å². The summed E-state index contributed by atoms with van der Waals surface area (Å²) in [6, 6.07) is 9.84. The molecule has 6 rings (SSSR count). The highest BCUT2D eigenvalue weighted by molar-refractivity contribution is 5.86. The van der Waals surface area contributed by atoms with Gasteiger partial charge in [0.25, 0.3) is 0 Å². The predicted molar refractivity (Wildman–Crippen MR) is 124 cm³/mol. The smallest absolute Gasteiger partial charge is 0.158 e. The molecule has 170 valence electrons. The second-order valence-electron chi connectivity index (χ2n) is 9.44. The largest absolute Gasteiger partial charge is 0.376 e. The molecule has 2 fully saturated rings. The minimum absolute atomic E-state index is 0.408. The lowest BCUT2D eigenvalue weighted by atomic mass is 9.79. The Morgan fingerprint density at radius 2 is 1.94 bits per heavy atom. The van der Waals surface area contributed by atoms with Crippen LogP contribution in [-0.2, 0) is 10.3 Å². The molecule has 4 heterocycles. The maximum atomic E-state index is 12.6. The van der Waals surface area contributed by atoms with Crippen LogP contribution in [0.25, 0.3) is 22.2 Å². The Balaban J connectivity index is 1.66. The average molecular weight is 445 g/mol. The maximum absolute atomic E-state index is 12.6. The molecule has 0 spiro atoms. The van der Waals surface area contributed by atoms with Crippen molar-refractivity contribution in [3.63, 3.8) is 0 Å². The van der Waals surface area contributed by atoms with E-state index in [4.69, 9.17) is 19.2 Å². The van der Waals surface area contributed by atoms with Crippen molar-refractivity contribution in [2.45, 2.75) is 64.1 Å². The fraction of sp³-hybridized carbons (Fsp3) is 0.423. The van der Waals surface area contributed by atoms with Gasteiger partial charge in [-0.1, -0.05) is 11.2 Å². The molecular weight excluding hydrogens is 416 g/mol. The molecule has 2 N–H and O–H groups in total. The van der Waals surface area contributed by atoms with Gasteiger partial charge in [0.05, 0.1) is 28.5 Å². The Hall–Kier alpha value is -3.03. The molecule has 1 saturated carbocycles. The van der Waals surface area contributed by atoms with Gasteiger partial charge in [-0.15, -0.1) is 0 Å². The van der Waals surface area contributed by atoms with Gasteiger partial charge >= 0.3 is 0 Å². The van der Waals surface area contributed by atoms with E-state index in [0.717, 1.165) is 70.6 Å². The van der Waals surface area contributed by atoms with Crippen molar-refractivity contribution in [2.75, 3.05) is 6.61 Å². The van der Waals surface area contributed by atoms with Crippen LogP contribution in [0.5, 0.6) is 0 Å². The van der Waals surface area contributed by atoms with Gasteiger partial charge in [-0.2, -0.15) is 0 Å². The highest BCUT2D eigenvalue weighted by Gasteiger charge is 2.46. The van der Waals surface area contributed by atoms with E-state index in [-0.39, 0.29) is 0 Å². The standard InChI is InChI=1S/C26H28N4O3/c1-14-6-4-7-22(27-14)26(31,23-8-5-11-32-23)19-13-21-20(28-25(29-21)17-9-10-17)12-18(19)24-15(2)30-33-16(24)3/h4,6-7,12-13,17,23,31H,5,8-11H2,1-3H3,(H,28,29). The van der Waals surface area contributed by atoms with E-state index in [1.54, 1.807) is 0 Å². The molecule has 1 aliphatic heterocycles. The van der Waals surface area contributed by atoms with E-state index in [1.165, 1.54) is 0 Å². The lowest BCUT2D eigenvalue weighted by Crippen LogP contribution is -2.41. The van der Waals surface area contributed by atoms with Gasteiger partial charge in [-0.3, -0.25) is 4.98 Å². The second kappa shape index (κ2) is 7.50. The first-order valence-electron chi connectivity index (χ1n) is 11.7. The summed E-state index contributed by atoms with van der Waals surface area (Å²) >= 11 is 0. The molecule has 0 radical (unpaired) electrons. The van der Waals surface area contributed by atoms with Crippen LogP contribution in [0, 0.1) is 20.8 Å². The molecule has 1 saturated heterocycles. The molecule has 1 aliphatic carbocycles. The van der Waals surface area contributed by atoms with Crippen molar-refractivity contribution in [1.29, 1.82) is 0 Å². The van der Waals surface area contributed by atoms with Gasteiger partial charge in [-0.05, 0) is 76.3 Å². The topological polar surface area (TPSA) is 97.1 Å². The van der Waals surface area contributed by atoms with E-state index < -0.39 is 11.7 Å². The van der Waals surface area contributed by atoms with Crippen LogP contribution in [-0.4, -0.2) is 37.9 Å². The summed E-state index contributed by atoms with van der Waals surface area (Å²) in [6.07, 6.45) is 3.57. The van der Waals surface area contributed by atoms with Crippen molar-refractivity contribution in [1.82, 2.24) is 20.1 Å². The number of hydrogen-bond acceptors (Lipinski definition) is 6. The van der Waals surface area contributed by atoms with E-state index in [2.05, 4.69) is 16.2 Å². The lowest BCUT2D eigenvalue weighted by molar-refractivity contribution is -0.0641. The fourth-order valence-electron chi connectivity index (χ4n) is 5.16. The SMILES string of the molecule is Cc1cccc(C(O)(c2cc3[nH]c(C4CC4)nc3cc2-c2c(C)noc2C)C2CCCO2)n1. The van der Waals surface area contributed by atoms with E-state index in [9.17, 15) is 5.11 Å². The summed E-state index contributed by atoms with van der Waals surface area (Å²) < 4.78 is 11.6. The zero-order valence-corrected chi connectivity index (χ0v) is 19.2. The maximum Gasteiger partial charge on any atom is 0.158 e. The molecule has 3 aromatic heterocycles. The third kappa shape index (κ3) is 3.30. The third-order valence-corrected chi connectivity index (χ3v) is 6.99. The number of hydrogen-bond donors (Lipinski definition) is 2. The Labute approximate surface area is 192 Å². The first-order valence-corrected chi connectivity index (χ1v) is 11.7. The molecule has 2 aliphatic rings. The summed E-state index contributed by atoms with van der Waals surface area (Å²) in [4.78, 5) is 13.1. The number of rotatable bonds is 5. The number of ether oxygens (including phenoxy) is 1. The number of aromatic amines is 1. The Bertz CT molecular complexity index is 1330. The van der Waals surface area contributed by atoms with Crippen LogP contribution in [0.15, 0.2) is 34.9 Å². The number of nitrogens with one attached hydrogen (secondary N) is 1. The summed E-state index contributed by atoms with van der Waals surface area (Å²) in [7, 11) is 0. The van der Waals surface area contributed by atoms with Crippen LogP contribution in [0.3, 0.4) is 0 Å². The number of aromatic nitrogens is 4. The molecule has 4 aromatic rings. The summed E-state index contributed by atoms with van der Waals surface area (Å²) in [5.41, 5.74) is 5.03. The minimum atomic E-state index is -1.44. The zero-order valence-electron chi connectivity index (χ0n) is 19.2. The third-order valence-electron chi connectivity index (χ3n) is 6.99. The van der Waals surface area contributed by atoms with Crippen molar-refractivity contribution < 1.29 is 14.4 Å². The van der Waals surface area contributed by atoms with Crippen LogP contribution in [0.2, 0.25) is 0 Å². The Morgan fingerprint density at radius 1 is 1.09 bits per heavy atom. The van der Waals surface area contributed by atoms with Gasteiger partial charge in [0.15, 0.2) is 5.60 Å². The van der Waals surface area contributed by atoms with Crippen molar-refractivity contribution in [3.8, 4) is 11.1 Å². The summed E-state index contributed by atoms with van der Waals surface area (Å²) in [5.74, 6) is 2.22. The predicted octanol–water partition coefficient (Wildman–Crippen LogP) is 4.83. The molecule has 7 heteroatoms. The fourth-order valence-corrected chi connectivity index (χ4v) is 5.16. The number of aryl methyl sites for hydroxylation is 3. The molecule has 2 unspecified atom stereocenters. The number of pyridine rings is 1.